The number of carbonyl (C=O) groups is 1. The van der Waals surface area contributed by atoms with Crippen LogP contribution in [0.15, 0.2) is 40.8 Å². The first kappa shape index (κ1) is 14.8. The molecule has 2 rings (SSSR count). The highest BCUT2D eigenvalue weighted by atomic mass is 32.2. The molecule has 0 radical (unpaired) electrons. The van der Waals surface area contributed by atoms with Crippen LogP contribution in [-0.2, 0) is 14.8 Å². The van der Waals surface area contributed by atoms with E-state index in [9.17, 15) is 13.2 Å². The zero-order valence-electron chi connectivity index (χ0n) is 11.8. The Morgan fingerprint density at radius 1 is 1.25 bits per heavy atom. The molecule has 20 heavy (non-hydrogen) atoms. The van der Waals surface area contributed by atoms with Gasteiger partial charge in [0.05, 0.1) is 4.90 Å². The van der Waals surface area contributed by atoms with Crippen LogP contribution >= 0.6 is 0 Å². The molecule has 1 amide bonds. The van der Waals surface area contributed by atoms with E-state index in [1.54, 1.807) is 24.3 Å². The van der Waals surface area contributed by atoms with Gasteiger partial charge < -0.3 is 0 Å². The summed E-state index contributed by atoms with van der Waals surface area (Å²) in [4.78, 5) is 12.4. The Morgan fingerprint density at radius 2 is 1.90 bits per heavy atom. The SMILES string of the molecule is CCC/C=C1/CCN(S(=O)(=O)c2ccc(C)cc2)C1=O. The Morgan fingerprint density at radius 3 is 2.50 bits per heavy atom. The van der Waals surface area contributed by atoms with Gasteiger partial charge in [0.1, 0.15) is 0 Å². The zero-order chi connectivity index (χ0) is 14.8. The molecule has 4 nitrogen and oxygen atoms in total. The van der Waals surface area contributed by atoms with Crippen LogP contribution in [0.5, 0.6) is 0 Å². The molecule has 1 heterocycles. The van der Waals surface area contributed by atoms with Gasteiger partial charge in [-0.05, 0) is 31.9 Å². The minimum atomic E-state index is -3.72. The highest BCUT2D eigenvalue weighted by Gasteiger charge is 2.35. The van der Waals surface area contributed by atoms with E-state index in [2.05, 4.69) is 0 Å². The van der Waals surface area contributed by atoms with E-state index in [1.807, 2.05) is 19.9 Å². The van der Waals surface area contributed by atoms with Crippen LogP contribution in [0.4, 0.5) is 0 Å². The molecule has 1 aromatic rings. The van der Waals surface area contributed by atoms with E-state index in [1.165, 1.54) is 0 Å². The van der Waals surface area contributed by atoms with Crippen molar-refractivity contribution in [2.75, 3.05) is 6.54 Å². The molecule has 108 valence electrons. The summed E-state index contributed by atoms with van der Waals surface area (Å²) in [6.07, 6.45) is 4.11. The van der Waals surface area contributed by atoms with E-state index < -0.39 is 10.0 Å². The molecule has 1 fully saturated rings. The number of unbranched alkanes of at least 4 members (excludes halogenated alkanes) is 1. The maximum atomic E-state index is 12.5. The fourth-order valence-corrected chi connectivity index (χ4v) is 3.57. The Balaban J connectivity index is 2.28. The number of allylic oxidation sites excluding steroid dienone is 1. The quantitative estimate of drug-likeness (QED) is 0.802. The van der Waals surface area contributed by atoms with Crippen LogP contribution in [-0.4, -0.2) is 25.2 Å². The second-order valence-corrected chi connectivity index (χ2v) is 6.83. The molecule has 0 unspecified atom stereocenters. The maximum Gasteiger partial charge on any atom is 0.266 e. The molecular weight excluding hydrogens is 274 g/mol. The summed E-state index contributed by atoms with van der Waals surface area (Å²) in [6.45, 7) is 4.16. The van der Waals surface area contributed by atoms with Crippen molar-refractivity contribution in [3.05, 3.63) is 41.5 Å². The number of rotatable bonds is 4. The monoisotopic (exact) mass is 293 g/mol. The number of hydrogen-bond donors (Lipinski definition) is 0. The fourth-order valence-electron chi connectivity index (χ4n) is 2.17. The van der Waals surface area contributed by atoms with Crippen LogP contribution in [0.2, 0.25) is 0 Å². The van der Waals surface area contributed by atoms with E-state index in [-0.39, 0.29) is 17.3 Å². The lowest BCUT2D eigenvalue weighted by molar-refractivity contribution is -0.120. The second kappa shape index (κ2) is 5.79. The molecule has 0 atom stereocenters. The summed E-state index contributed by atoms with van der Waals surface area (Å²) in [6, 6.07) is 6.57. The zero-order valence-corrected chi connectivity index (χ0v) is 12.6. The number of benzene rings is 1. The molecule has 0 aliphatic carbocycles. The van der Waals surface area contributed by atoms with Crippen molar-refractivity contribution in [2.24, 2.45) is 0 Å². The number of sulfonamides is 1. The highest BCUT2D eigenvalue weighted by molar-refractivity contribution is 7.89. The first-order valence-corrected chi connectivity index (χ1v) is 8.23. The minimum absolute atomic E-state index is 0.174. The molecule has 0 spiro atoms. The Labute approximate surface area is 120 Å². The normalized spacial score (nSPS) is 18.0. The van der Waals surface area contributed by atoms with Crippen molar-refractivity contribution < 1.29 is 13.2 Å². The van der Waals surface area contributed by atoms with E-state index >= 15 is 0 Å². The smallest absolute Gasteiger partial charge is 0.266 e. The van der Waals surface area contributed by atoms with Crippen LogP contribution in [0.3, 0.4) is 0 Å². The number of hydrogen-bond acceptors (Lipinski definition) is 3. The number of aryl methyl sites for hydroxylation is 1. The van der Waals surface area contributed by atoms with Crippen molar-refractivity contribution in [2.45, 2.75) is 38.0 Å². The van der Waals surface area contributed by atoms with Gasteiger partial charge in [-0.3, -0.25) is 4.79 Å². The van der Waals surface area contributed by atoms with E-state index in [4.69, 9.17) is 0 Å². The van der Waals surface area contributed by atoms with Gasteiger partial charge in [-0.25, -0.2) is 12.7 Å². The Kier molecular flexibility index (Phi) is 4.28. The van der Waals surface area contributed by atoms with Crippen molar-refractivity contribution in [3.8, 4) is 0 Å². The third kappa shape index (κ3) is 2.77. The summed E-state index contributed by atoms with van der Waals surface area (Å²) < 4.78 is 25.9. The molecule has 0 aromatic heterocycles. The molecule has 5 heteroatoms. The molecule has 0 bridgehead atoms. The molecule has 1 aliphatic rings. The predicted octanol–water partition coefficient (Wildman–Crippen LogP) is 2.64. The topological polar surface area (TPSA) is 54.5 Å². The summed E-state index contributed by atoms with van der Waals surface area (Å²) in [5, 5.41) is 0. The van der Waals surface area contributed by atoms with Gasteiger partial charge in [-0.2, -0.15) is 0 Å². The van der Waals surface area contributed by atoms with Gasteiger partial charge in [0, 0.05) is 12.1 Å². The molecule has 1 aromatic carbocycles. The average molecular weight is 293 g/mol. The lowest BCUT2D eigenvalue weighted by atomic mass is 10.2. The van der Waals surface area contributed by atoms with Gasteiger partial charge in [0.2, 0.25) is 0 Å². The van der Waals surface area contributed by atoms with Gasteiger partial charge in [0.15, 0.2) is 0 Å². The highest BCUT2D eigenvalue weighted by Crippen LogP contribution is 2.25. The molecule has 0 N–H and O–H groups in total. The van der Waals surface area contributed by atoms with E-state index in [0.29, 0.717) is 12.0 Å². The fraction of sp³-hybridized carbons (Fsp3) is 0.400. The van der Waals surface area contributed by atoms with E-state index in [0.717, 1.165) is 22.7 Å². The lowest BCUT2D eigenvalue weighted by Crippen LogP contribution is -2.32. The van der Waals surface area contributed by atoms with Crippen molar-refractivity contribution >= 4 is 15.9 Å². The molecular formula is C15H19NO3S. The summed E-state index contributed by atoms with van der Waals surface area (Å²) in [7, 11) is -3.72. The molecule has 0 saturated carbocycles. The van der Waals surface area contributed by atoms with Crippen molar-refractivity contribution in [1.29, 1.82) is 0 Å². The van der Waals surface area contributed by atoms with Crippen LogP contribution in [0.25, 0.3) is 0 Å². The molecule has 1 aliphatic heterocycles. The van der Waals surface area contributed by atoms with Crippen LogP contribution in [0, 0.1) is 6.92 Å². The largest absolute Gasteiger partial charge is 0.268 e. The van der Waals surface area contributed by atoms with Crippen LogP contribution in [0.1, 0.15) is 31.7 Å². The van der Waals surface area contributed by atoms with Crippen molar-refractivity contribution in [3.63, 3.8) is 0 Å². The standard InChI is InChI=1S/C15H19NO3S/c1-3-4-5-13-10-11-16(15(13)17)20(18,19)14-8-6-12(2)7-9-14/h5-9H,3-4,10-11H2,1-2H3/b13-5-. The van der Waals surface area contributed by atoms with Gasteiger partial charge in [-0.15, -0.1) is 0 Å². The summed E-state index contributed by atoms with van der Waals surface area (Å²) in [5.41, 5.74) is 1.60. The number of carbonyl (C=O) groups excluding carboxylic acids is 1. The first-order chi connectivity index (χ1) is 9.46. The Bertz CT molecular complexity index is 630. The lowest BCUT2D eigenvalue weighted by Gasteiger charge is -2.15. The van der Waals surface area contributed by atoms with Gasteiger partial charge in [-0.1, -0.05) is 37.1 Å². The number of amides is 1. The third-order valence-corrected chi connectivity index (χ3v) is 5.17. The van der Waals surface area contributed by atoms with Gasteiger partial charge >= 0.3 is 0 Å². The second-order valence-electron chi connectivity index (χ2n) is 4.96. The van der Waals surface area contributed by atoms with Crippen molar-refractivity contribution in [1.82, 2.24) is 4.31 Å². The summed E-state index contributed by atoms with van der Waals surface area (Å²) in [5.74, 6) is -0.376. The third-order valence-electron chi connectivity index (χ3n) is 3.37. The van der Waals surface area contributed by atoms with Gasteiger partial charge in [0.25, 0.3) is 15.9 Å². The average Bonchev–Trinajstić information content (AvgIpc) is 2.79. The Hall–Kier alpha value is -1.62. The first-order valence-electron chi connectivity index (χ1n) is 6.79. The minimum Gasteiger partial charge on any atom is -0.268 e. The predicted molar refractivity (Wildman–Crippen MR) is 77.7 cm³/mol. The number of nitrogens with zero attached hydrogens (tertiary/aromatic N) is 1. The van der Waals surface area contributed by atoms with Crippen LogP contribution < -0.4 is 0 Å². The maximum absolute atomic E-state index is 12.5. The molecule has 1 saturated heterocycles. The summed E-state index contributed by atoms with van der Waals surface area (Å²) >= 11 is 0.